The minimum atomic E-state index is 0.651. The summed E-state index contributed by atoms with van der Waals surface area (Å²) >= 11 is 0. The molecule has 1 aromatic carbocycles. The largest absolute Gasteiger partial charge is 0.493 e. The number of rotatable bonds is 6. The number of hydrogen-bond donors (Lipinski definition) is 1. The number of nitrogens with two attached hydrogens (primary N) is 1. The van der Waals surface area contributed by atoms with Gasteiger partial charge in [0, 0.05) is 0 Å². The van der Waals surface area contributed by atoms with Gasteiger partial charge in [-0.1, -0.05) is 6.07 Å². The average molecular weight is 209 g/mol. The van der Waals surface area contributed by atoms with E-state index >= 15 is 0 Å². The van der Waals surface area contributed by atoms with Gasteiger partial charge in [-0.3, -0.25) is 0 Å². The summed E-state index contributed by atoms with van der Waals surface area (Å²) < 4.78 is 10.7. The molecule has 2 N–H and O–H groups in total. The maximum absolute atomic E-state index is 5.47. The number of hydrogen-bond acceptors (Lipinski definition) is 3. The van der Waals surface area contributed by atoms with Crippen LogP contribution in [-0.2, 0) is 6.42 Å². The number of methoxy groups -OCH3 is 1. The quantitative estimate of drug-likeness (QED) is 0.779. The highest BCUT2D eigenvalue weighted by atomic mass is 16.5. The molecule has 0 radical (unpaired) electrons. The van der Waals surface area contributed by atoms with E-state index in [9.17, 15) is 0 Å². The fraction of sp³-hybridized carbons (Fsp3) is 0.500. The van der Waals surface area contributed by atoms with E-state index in [1.165, 1.54) is 5.56 Å². The molecule has 0 aliphatic rings. The van der Waals surface area contributed by atoms with E-state index in [4.69, 9.17) is 15.2 Å². The molecule has 0 bridgehead atoms. The van der Waals surface area contributed by atoms with Crippen LogP contribution in [0.25, 0.3) is 0 Å². The van der Waals surface area contributed by atoms with E-state index in [1.54, 1.807) is 7.11 Å². The van der Waals surface area contributed by atoms with Crippen LogP contribution in [0, 0.1) is 0 Å². The van der Waals surface area contributed by atoms with Gasteiger partial charge in [-0.2, -0.15) is 0 Å². The Morgan fingerprint density at radius 1 is 1.27 bits per heavy atom. The lowest BCUT2D eigenvalue weighted by Crippen LogP contribution is -2.01. The zero-order valence-corrected chi connectivity index (χ0v) is 9.45. The molecule has 3 nitrogen and oxygen atoms in total. The monoisotopic (exact) mass is 209 g/mol. The van der Waals surface area contributed by atoms with Crippen molar-refractivity contribution in [3.05, 3.63) is 23.8 Å². The van der Waals surface area contributed by atoms with Gasteiger partial charge in [-0.05, 0) is 44.0 Å². The van der Waals surface area contributed by atoms with Crippen LogP contribution < -0.4 is 15.2 Å². The van der Waals surface area contributed by atoms with Gasteiger partial charge >= 0.3 is 0 Å². The zero-order valence-electron chi connectivity index (χ0n) is 9.45. The van der Waals surface area contributed by atoms with Crippen molar-refractivity contribution in [1.29, 1.82) is 0 Å². The van der Waals surface area contributed by atoms with E-state index in [2.05, 4.69) is 6.07 Å². The minimum Gasteiger partial charge on any atom is -0.493 e. The minimum absolute atomic E-state index is 0.651. The van der Waals surface area contributed by atoms with E-state index in [0.717, 1.165) is 30.9 Å². The standard InChI is InChI=1S/C12H19NO2/c1-3-15-11-7-6-10(5-4-8-13)9-12(11)14-2/h6-7,9H,3-5,8,13H2,1-2H3. The molecule has 84 valence electrons. The lowest BCUT2D eigenvalue weighted by Gasteiger charge is -2.10. The first-order valence-electron chi connectivity index (χ1n) is 5.31. The molecule has 1 rings (SSSR count). The van der Waals surface area contributed by atoms with Crippen molar-refractivity contribution in [2.24, 2.45) is 5.73 Å². The summed E-state index contributed by atoms with van der Waals surface area (Å²) in [5.41, 5.74) is 6.71. The Hall–Kier alpha value is -1.22. The van der Waals surface area contributed by atoms with Crippen LogP contribution in [0.15, 0.2) is 18.2 Å². The summed E-state index contributed by atoms with van der Waals surface area (Å²) in [4.78, 5) is 0. The summed E-state index contributed by atoms with van der Waals surface area (Å²) in [6, 6.07) is 6.03. The molecule has 0 spiro atoms. The first-order chi connectivity index (χ1) is 7.31. The molecule has 0 aliphatic carbocycles. The topological polar surface area (TPSA) is 44.5 Å². The van der Waals surface area contributed by atoms with Crippen LogP contribution in [0.2, 0.25) is 0 Å². The summed E-state index contributed by atoms with van der Waals surface area (Å²) in [7, 11) is 1.66. The van der Waals surface area contributed by atoms with Crippen LogP contribution >= 0.6 is 0 Å². The third kappa shape index (κ3) is 3.44. The highest BCUT2D eigenvalue weighted by Gasteiger charge is 2.04. The van der Waals surface area contributed by atoms with Crippen LogP contribution in [0.3, 0.4) is 0 Å². The molecule has 15 heavy (non-hydrogen) atoms. The summed E-state index contributed by atoms with van der Waals surface area (Å²) in [5.74, 6) is 1.60. The van der Waals surface area contributed by atoms with Crippen molar-refractivity contribution in [2.75, 3.05) is 20.3 Å². The lowest BCUT2D eigenvalue weighted by atomic mass is 10.1. The lowest BCUT2D eigenvalue weighted by molar-refractivity contribution is 0.310. The highest BCUT2D eigenvalue weighted by molar-refractivity contribution is 5.42. The van der Waals surface area contributed by atoms with Crippen molar-refractivity contribution in [1.82, 2.24) is 0 Å². The molecule has 0 fully saturated rings. The van der Waals surface area contributed by atoms with Crippen LogP contribution in [0.4, 0.5) is 0 Å². The fourth-order valence-corrected chi connectivity index (χ4v) is 1.45. The molecule has 1 aromatic rings. The predicted molar refractivity (Wildman–Crippen MR) is 61.5 cm³/mol. The molecule has 0 unspecified atom stereocenters. The Morgan fingerprint density at radius 3 is 2.67 bits per heavy atom. The Kier molecular flexibility index (Phi) is 4.98. The number of benzene rings is 1. The van der Waals surface area contributed by atoms with Crippen LogP contribution in [-0.4, -0.2) is 20.3 Å². The predicted octanol–water partition coefficient (Wildman–Crippen LogP) is 1.99. The van der Waals surface area contributed by atoms with Crippen molar-refractivity contribution in [3.63, 3.8) is 0 Å². The van der Waals surface area contributed by atoms with Gasteiger partial charge in [0.2, 0.25) is 0 Å². The normalized spacial score (nSPS) is 10.1. The zero-order chi connectivity index (χ0) is 11.1. The molecule has 0 amide bonds. The molecule has 0 aliphatic heterocycles. The fourth-order valence-electron chi connectivity index (χ4n) is 1.45. The molecule has 3 heteroatoms. The van der Waals surface area contributed by atoms with Gasteiger partial charge in [0.1, 0.15) is 0 Å². The number of aryl methyl sites for hydroxylation is 1. The van der Waals surface area contributed by atoms with Crippen molar-refractivity contribution >= 4 is 0 Å². The molecular formula is C12H19NO2. The summed E-state index contributed by atoms with van der Waals surface area (Å²) in [5, 5.41) is 0. The van der Waals surface area contributed by atoms with Gasteiger partial charge in [0.15, 0.2) is 11.5 Å². The smallest absolute Gasteiger partial charge is 0.161 e. The first kappa shape index (κ1) is 11.9. The summed E-state index contributed by atoms with van der Waals surface area (Å²) in [6.07, 6.45) is 1.98. The Balaban J connectivity index is 2.77. The van der Waals surface area contributed by atoms with E-state index < -0.39 is 0 Å². The molecule has 0 saturated heterocycles. The Bertz CT molecular complexity index is 300. The van der Waals surface area contributed by atoms with Gasteiger partial charge < -0.3 is 15.2 Å². The molecule has 0 saturated carbocycles. The second kappa shape index (κ2) is 6.30. The Labute approximate surface area is 91.2 Å². The second-order valence-electron chi connectivity index (χ2n) is 3.31. The van der Waals surface area contributed by atoms with Crippen LogP contribution in [0.1, 0.15) is 18.9 Å². The SMILES string of the molecule is CCOc1ccc(CCCN)cc1OC. The van der Waals surface area contributed by atoms with Gasteiger partial charge in [-0.25, -0.2) is 0 Å². The van der Waals surface area contributed by atoms with E-state index in [0.29, 0.717) is 6.61 Å². The van der Waals surface area contributed by atoms with Gasteiger partial charge in [0.25, 0.3) is 0 Å². The third-order valence-electron chi connectivity index (χ3n) is 2.20. The second-order valence-corrected chi connectivity index (χ2v) is 3.31. The average Bonchev–Trinajstić information content (AvgIpc) is 2.28. The van der Waals surface area contributed by atoms with Gasteiger partial charge in [-0.15, -0.1) is 0 Å². The van der Waals surface area contributed by atoms with E-state index in [-0.39, 0.29) is 0 Å². The van der Waals surface area contributed by atoms with Gasteiger partial charge in [0.05, 0.1) is 13.7 Å². The van der Waals surface area contributed by atoms with E-state index in [1.807, 2.05) is 19.1 Å². The highest BCUT2D eigenvalue weighted by Crippen LogP contribution is 2.28. The molecule has 0 heterocycles. The first-order valence-corrected chi connectivity index (χ1v) is 5.31. The number of ether oxygens (including phenoxy) is 2. The maximum atomic E-state index is 5.47. The molecular weight excluding hydrogens is 190 g/mol. The van der Waals surface area contributed by atoms with Crippen molar-refractivity contribution in [3.8, 4) is 11.5 Å². The van der Waals surface area contributed by atoms with Crippen molar-refractivity contribution < 1.29 is 9.47 Å². The molecule has 0 atom stereocenters. The van der Waals surface area contributed by atoms with Crippen molar-refractivity contribution in [2.45, 2.75) is 19.8 Å². The maximum Gasteiger partial charge on any atom is 0.161 e. The summed E-state index contributed by atoms with van der Waals surface area (Å²) in [6.45, 7) is 3.33. The third-order valence-corrected chi connectivity index (χ3v) is 2.20. The van der Waals surface area contributed by atoms with Crippen LogP contribution in [0.5, 0.6) is 11.5 Å². The Morgan fingerprint density at radius 2 is 2.07 bits per heavy atom. The molecule has 0 aromatic heterocycles.